The van der Waals surface area contributed by atoms with Gasteiger partial charge in [-0.3, -0.25) is 14.5 Å². The van der Waals surface area contributed by atoms with Crippen molar-refractivity contribution in [1.82, 2.24) is 10.2 Å². The molecule has 26 heavy (non-hydrogen) atoms. The summed E-state index contributed by atoms with van der Waals surface area (Å²) < 4.78 is 13.2. The van der Waals surface area contributed by atoms with Crippen LogP contribution in [0.5, 0.6) is 0 Å². The number of nitrogens with one attached hydrogen (secondary N) is 2. The van der Waals surface area contributed by atoms with Gasteiger partial charge in [-0.2, -0.15) is 0 Å². The number of benzene rings is 2. The Hall–Kier alpha value is -2.44. The molecule has 0 heterocycles. The number of carbonyl (C=O) groups is 2. The Morgan fingerprint density at radius 3 is 2.62 bits per heavy atom. The van der Waals surface area contributed by atoms with Crippen LogP contribution in [0.25, 0.3) is 0 Å². The minimum atomic E-state index is -0.337. The van der Waals surface area contributed by atoms with Gasteiger partial charge in [-0.05, 0) is 49.4 Å². The van der Waals surface area contributed by atoms with Crippen molar-refractivity contribution in [3.63, 3.8) is 0 Å². The van der Waals surface area contributed by atoms with Gasteiger partial charge in [-0.1, -0.05) is 29.8 Å². The van der Waals surface area contributed by atoms with Crippen LogP contribution >= 0.6 is 11.6 Å². The number of likely N-dealkylation sites (N-methyl/N-ethyl adjacent to an activating group) is 1. The fourth-order valence-electron chi connectivity index (χ4n) is 2.42. The van der Waals surface area contributed by atoms with E-state index in [1.165, 1.54) is 12.1 Å². The van der Waals surface area contributed by atoms with Crippen LogP contribution in [-0.4, -0.2) is 36.9 Å². The minimum Gasteiger partial charge on any atom is -0.346 e. The van der Waals surface area contributed by atoms with E-state index >= 15 is 0 Å². The Labute approximate surface area is 157 Å². The van der Waals surface area contributed by atoms with Gasteiger partial charge in [0.1, 0.15) is 5.82 Å². The molecule has 0 aliphatic heterocycles. The molecule has 0 aliphatic carbocycles. The maximum atomic E-state index is 13.2. The van der Waals surface area contributed by atoms with Crippen LogP contribution < -0.4 is 10.6 Å². The molecule has 0 atom stereocenters. The number of anilines is 1. The topological polar surface area (TPSA) is 61.4 Å². The van der Waals surface area contributed by atoms with E-state index in [1.807, 2.05) is 0 Å². The molecule has 0 aliphatic rings. The van der Waals surface area contributed by atoms with E-state index in [4.69, 9.17) is 11.6 Å². The molecule has 0 radical (unpaired) electrons. The summed E-state index contributed by atoms with van der Waals surface area (Å²) in [5.74, 6) is -0.938. The number of hydrogen-bond donors (Lipinski definition) is 2. The van der Waals surface area contributed by atoms with Gasteiger partial charge in [0.25, 0.3) is 0 Å². The molecule has 2 rings (SSSR count). The summed E-state index contributed by atoms with van der Waals surface area (Å²) in [6.07, 6.45) is 0. The predicted octanol–water partition coefficient (Wildman–Crippen LogP) is 2.97. The molecule has 138 valence electrons. The van der Waals surface area contributed by atoms with Gasteiger partial charge in [-0.15, -0.1) is 0 Å². The van der Waals surface area contributed by atoms with Gasteiger partial charge in [0, 0.05) is 17.3 Å². The first-order valence-corrected chi connectivity index (χ1v) is 8.47. The zero-order chi connectivity index (χ0) is 19.1. The average Bonchev–Trinajstić information content (AvgIpc) is 2.57. The molecule has 0 saturated heterocycles. The van der Waals surface area contributed by atoms with E-state index in [-0.39, 0.29) is 30.7 Å². The largest absolute Gasteiger partial charge is 0.346 e. The van der Waals surface area contributed by atoms with E-state index in [0.717, 1.165) is 11.1 Å². The second-order valence-electron chi connectivity index (χ2n) is 6.04. The van der Waals surface area contributed by atoms with Crippen LogP contribution in [0, 0.1) is 12.7 Å². The second-order valence-corrected chi connectivity index (χ2v) is 6.45. The smallest absolute Gasteiger partial charge is 0.243 e. The summed E-state index contributed by atoms with van der Waals surface area (Å²) in [5, 5.41) is 5.84. The second kappa shape index (κ2) is 9.31. The highest BCUT2D eigenvalue weighted by Gasteiger charge is 2.11. The van der Waals surface area contributed by atoms with Gasteiger partial charge in [0.05, 0.1) is 13.1 Å². The average molecular weight is 378 g/mol. The first-order valence-electron chi connectivity index (χ1n) is 8.10. The number of carbonyl (C=O) groups excluding carboxylic acids is 2. The van der Waals surface area contributed by atoms with Crippen LogP contribution in [0.4, 0.5) is 10.1 Å². The number of amides is 2. The summed E-state index contributed by atoms with van der Waals surface area (Å²) in [5.41, 5.74) is 2.15. The fourth-order valence-corrected chi connectivity index (χ4v) is 2.59. The fraction of sp³-hybridized carbons (Fsp3) is 0.263. The molecule has 5 nitrogen and oxygen atoms in total. The Kier molecular flexibility index (Phi) is 7.12. The molecule has 0 fully saturated rings. The number of hydrogen-bond acceptors (Lipinski definition) is 3. The van der Waals surface area contributed by atoms with Gasteiger partial charge >= 0.3 is 0 Å². The summed E-state index contributed by atoms with van der Waals surface area (Å²) in [7, 11) is 1.75. The first kappa shape index (κ1) is 19.9. The molecular weight excluding hydrogens is 357 g/mol. The summed E-state index contributed by atoms with van der Waals surface area (Å²) >= 11 is 6.01. The van der Waals surface area contributed by atoms with E-state index in [2.05, 4.69) is 10.6 Å². The van der Waals surface area contributed by atoms with Crippen LogP contribution in [0.15, 0.2) is 42.5 Å². The van der Waals surface area contributed by atoms with Crippen LogP contribution in [0.1, 0.15) is 11.1 Å². The molecular formula is C19H21ClFN3O2. The van der Waals surface area contributed by atoms with Crippen molar-refractivity contribution in [2.75, 3.05) is 25.5 Å². The highest BCUT2D eigenvalue weighted by atomic mass is 35.5. The standard InChI is InChI=1S/C19H21ClFN3O2/c1-13-16(20)7-4-8-17(13)23-18(25)10-22-19(26)12-24(2)11-14-5-3-6-15(21)9-14/h3-9H,10-12H2,1-2H3,(H,22,26)(H,23,25). The maximum absolute atomic E-state index is 13.2. The minimum absolute atomic E-state index is 0.0972. The third kappa shape index (κ3) is 6.13. The molecule has 0 unspecified atom stereocenters. The molecule has 2 amide bonds. The molecule has 2 aromatic carbocycles. The van der Waals surface area contributed by atoms with Gasteiger partial charge in [0.15, 0.2) is 0 Å². The van der Waals surface area contributed by atoms with Gasteiger partial charge in [0.2, 0.25) is 11.8 Å². The summed E-state index contributed by atoms with van der Waals surface area (Å²) in [6.45, 7) is 2.19. The van der Waals surface area contributed by atoms with E-state index in [0.29, 0.717) is 17.3 Å². The van der Waals surface area contributed by atoms with E-state index < -0.39 is 0 Å². The van der Waals surface area contributed by atoms with E-state index in [1.54, 1.807) is 49.2 Å². The lowest BCUT2D eigenvalue weighted by Gasteiger charge is -2.16. The summed E-state index contributed by atoms with van der Waals surface area (Å²) in [4.78, 5) is 25.7. The Bertz CT molecular complexity index is 798. The number of halogens is 2. The molecule has 0 aromatic heterocycles. The zero-order valence-corrected chi connectivity index (χ0v) is 15.4. The third-order valence-corrected chi connectivity index (χ3v) is 4.15. The van der Waals surface area contributed by atoms with Gasteiger partial charge < -0.3 is 10.6 Å². The molecule has 0 saturated carbocycles. The lowest BCUT2D eigenvalue weighted by atomic mass is 10.2. The lowest BCUT2D eigenvalue weighted by molar-refractivity contribution is -0.124. The van der Waals surface area contributed by atoms with E-state index in [9.17, 15) is 14.0 Å². The van der Waals surface area contributed by atoms with Crippen LogP contribution in [-0.2, 0) is 16.1 Å². The SMILES string of the molecule is Cc1c(Cl)cccc1NC(=O)CNC(=O)CN(C)Cc1cccc(F)c1. The Balaban J connectivity index is 1.77. The van der Waals surface area contributed by atoms with Crippen molar-refractivity contribution >= 4 is 29.1 Å². The van der Waals surface area contributed by atoms with Crippen molar-refractivity contribution in [2.45, 2.75) is 13.5 Å². The number of nitrogens with zero attached hydrogens (tertiary/aromatic N) is 1. The molecule has 2 aromatic rings. The van der Waals surface area contributed by atoms with Crippen molar-refractivity contribution in [3.8, 4) is 0 Å². The molecule has 0 spiro atoms. The molecule has 2 N–H and O–H groups in total. The number of rotatable bonds is 7. The zero-order valence-electron chi connectivity index (χ0n) is 14.7. The van der Waals surface area contributed by atoms with Crippen molar-refractivity contribution in [3.05, 3.63) is 64.4 Å². The van der Waals surface area contributed by atoms with Crippen LogP contribution in [0.3, 0.4) is 0 Å². The third-order valence-electron chi connectivity index (χ3n) is 3.74. The van der Waals surface area contributed by atoms with Gasteiger partial charge in [-0.25, -0.2) is 4.39 Å². The first-order chi connectivity index (χ1) is 12.3. The quantitative estimate of drug-likeness (QED) is 0.779. The Morgan fingerprint density at radius 1 is 1.15 bits per heavy atom. The molecule has 7 heteroatoms. The summed E-state index contributed by atoms with van der Waals surface area (Å²) in [6, 6.07) is 11.4. The van der Waals surface area contributed by atoms with Crippen molar-refractivity contribution in [2.24, 2.45) is 0 Å². The highest BCUT2D eigenvalue weighted by molar-refractivity contribution is 6.31. The van der Waals surface area contributed by atoms with Crippen molar-refractivity contribution in [1.29, 1.82) is 0 Å². The maximum Gasteiger partial charge on any atom is 0.243 e. The highest BCUT2D eigenvalue weighted by Crippen LogP contribution is 2.22. The Morgan fingerprint density at radius 2 is 1.88 bits per heavy atom. The van der Waals surface area contributed by atoms with Crippen LogP contribution in [0.2, 0.25) is 5.02 Å². The van der Waals surface area contributed by atoms with Crippen molar-refractivity contribution < 1.29 is 14.0 Å². The normalized spacial score (nSPS) is 10.7. The monoisotopic (exact) mass is 377 g/mol. The molecule has 0 bridgehead atoms. The lowest BCUT2D eigenvalue weighted by Crippen LogP contribution is -2.39. The predicted molar refractivity (Wildman–Crippen MR) is 101 cm³/mol.